The van der Waals surface area contributed by atoms with Crippen LogP contribution in [0.2, 0.25) is 5.02 Å². The normalized spacial score (nSPS) is 12.3. The largest absolute Gasteiger partial charge is 0.388 e. The summed E-state index contributed by atoms with van der Waals surface area (Å²) in [5, 5.41) is 14.2. The first-order chi connectivity index (χ1) is 9.65. The number of hydrogen-bond acceptors (Lipinski definition) is 2. The van der Waals surface area contributed by atoms with E-state index in [9.17, 15) is 5.11 Å². The summed E-state index contributed by atoms with van der Waals surface area (Å²) in [7, 11) is 0. The lowest BCUT2D eigenvalue weighted by atomic mass is 10.1. The van der Waals surface area contributed by atoms with Crippen molar-refractivity contribution in [2.45, 2.75) is 26.0 Å². The zero-order valence-corrected chi connectivity index (χ0v) is 12.4. The predicted molar refractivity (Wildman–Crippen MR) is 83.9 cm³/mol. The van der Waals surface area contributed by atoms with Crippen molar-refractivity contribution in [3.05, 3.63) is 70.2 Å². The van der Waals surface area contributed by atoms with Crippen LogP contribution in [0.15, 0.2) is 48.5 Å². The Morgan fingerprint density at radius 2 is 1.70 bits per heavy atom. The Balaban J connectivity index is 1.72. The Bertz CT molecular complexity index is 522. The highest BCUT2D eigenvalue weighted by atomic mass is 35.5. The number of nitrogens with one attached hydrogen (secondary N) is 1. The monoisotopic (exact) mass is 289 g/mol. The zero-order valence-electron chi connectivity index (χ0n) is 11.6. The van der Waals surface area contributed by atoms with Crippen LogP contribution >= 0.6 is 11.6 Å². The van der Waals surface area contributed by atoms with Crippen molar-refractivity contribution in [2.24, 2.45) is 0 Å². The molecule has 0 amide bonds. The molecule has 2 aromatic carbocycles. The van der Waals surface area contributed by atoms with Gasteiger partial charge in [0.05, 0.1) is 6.10 Å². The Hall–Kier alpha value is -1.35. The fraction of sp³-hybridized carbons (Fsp3) is 0.294. The summed E-state index contributed by atoms with van der Waals surface area (Å²) in [6.45, 7) is 3.61. The van der Waals surface area contributed by atoms with Crippen molar-refractivity contribution in [2.75, 3.05) is 6.54 Å². The lowest BCUT2D eigenvalue weighted by molar-refractivity contribution is 0.166. The molecule has 106 valence electrons. The minimum Gasteiger partial charge on any atom is -0.388 e. The number of aryl methyl sites for hydroxylation is 1. The summed E-state index contributed by atoms with van der Waals surface area (Å²) >= 11 is 5.84. The van der Waals surface area contributed by atoms with E-state index in [0.29, 0.717) is 6.42 Å². The van der Waals surface area contributed by atoms with Crippen LogP contribution in [0.25, 0.3) is 0 Å². The second kappa shape index (κ2) is 7.44. The van der Waals surface area contributed by atoms with Crippen molar-refractivity contribution < 1.29 is 5.11 Å². The lowest BCUT2D eigenvalue weighted by Gasteiger charge is -2.12. The molecule has 2 aromatic rings. The smallest absolute Gasteiger partial charge is 0.0802 e. The standard InChI is InChI=1S/C17H20ClNO/c1-13-2-6-15(7-3-13)17(20)10-11-19-12-14-4-8-16(18)9-5-14/h2-9,17,19-20H,10-12H2,1H3. The zero-order chi connectivity index (χ0) is 14.4. The average Bonchev–Trinajstić information content (AvgIpc) is 2.46. The summed E-state index contributed by atoms with van der Waals surface area (Å²) in [6.07, 6.45) is 0.296. The van der Waals surface area contributed by atoms with E-state index < -0.39 is 6.10 Å². The van der Waals surface area contributed by atoms with Crippen LogP contribution in [0.1, 0.15) is 29.2 Å². The number of hydrogen-bond donors (Lipinski definition) is 2. The van der Waals surface area contributed by atoms with E-state index in [0.717, 1.165) is 23.7 Å². The highest BCUT2D eigenvalue weighted by Gasteiger charge is 2.06. The van der Waals surface area contributed by atoms with Crippen LogP contribution in [-0.2, 0) is 6.54 Å². The summed E-state index contributed by atoms with van der Waals surface area (Å²) < 4.78 is 0. The predicted octanol–water partition coefficient (Wildman–Crippen LogP) is 3.86. The number of aliphatic hydroxyl groups excluding tert-OH is 1. The van der Waals surface area contributed by atoms with E-state index in [2.05, 4.69) is 5.32 Å². The maximum absolute atomic E-state index is 10.1. The molecule has 1 unspecified atom stereocenters. The summed E-state index contributed by atoms with van der Waals surface area (Å²) in [4.78, 5) is 0. The minimum atomic E-state index is -0.409. The molecule has 0 radical (unpaired) electrons. The molecule has 2 nitrogen and oxygen atoms in total. The fourth-order valence-corrected chi connectivity index (χ4v) is 2.16. The topological polar surface area (TPSA) is 32.3 Å². The van der Waals surface area contributed by atoms with Gasteiger partial charge in [0.25, 0.3) is 0 Å². The Morgan fingerprint density at radius 1 is 1.05 bits per heavy atom. The molecule has 2 N–H and O–H groups in total. The fourth-order valence-electron chi connectivity index (χ4n) is 2.03. The van der Waals surface area contributed by atoms with Gasteiger partial charge in [-0.3, -0.25) is 0 Å². The van der Waals surface area contributed by atoms with Gasteiger partial charge < -0.3 is 10.4 Å². The van der Waals surface area contributed by atoms with Crippen molar-refractivity contribution in [3.8, 4) is 0 Å². The van der Waals surface area contributed by atoms with Gasteiger partial charge in [-0.1, -0.05) is 53.6 Å². The van der Waals surface area contributed by atoms with Crippen LogP contribution < -0.4 is 5.32 Å². The molecule has 0 fully saturated rings. The molecule has 0 bridgehead atoms. The van der Waals surface area contributed by atoms with E-state index in [-0.39, 0.29) is 0 Å². The molecular weight excluding hydrogens is 270 g/mol. The molecule has 0 saturated heterocycles. The lowest BCUT2D eigenvalue weighted by Crippen LogP contribution is -2.17. The maximum atomic E-state index is 10.1. The van der Waals surface area contributed by atoms with E-state index in [1.807, 2.05) is 55.5 Å². The number of rotatable bonds is 6. The average molecular weight is 290 g/mol. The minimum absolute atomic E-state index is 0.409. The van der Waals surface area contributed by atoms with Gasteiger partial charge >= 0.3 is 0 Å². The Labute approximate surface area is 125 Å². The van der Waals surface area contributed by atoms with Gasteiger partial charge in [-0.25, -0.2) is 0 Å². The molecule has 1 atom stereocenters. The molecule has 2 rings (SSSR count). The summed E-state index contributed by atoms with van der Waals surface area (Å²) in [5.74, 6) is 0. The second-order valence-corrected chi connectivity index (χ2v) is 5.45. The second-order valence-electron chi connectivity index (χ2n) is 5.02. The SMILES string of the molecule is Cc1ccc(C(O)CCNCc2ccc(Cl)cc2)cc1. The van der Waals surface area contributed by atoms with Crippen LogP contribution in [0.5, 0.6) is 0 Å². The summed E-state index contributed by atoms with van der Waals surface area (Å²) in [5.41, 5.74) is 3.38. The van der Waals surface area contributed by atoms with E-state index in [4.69, 9.17) is 11.6 Å². The van der Waals surface area contributed by atoms with Gasteiger partial charge in [0.15, 0.2) is 0 Å². The molecule has 0 spiro atoms. The molecule has 0 saturated carbocycles. The van der Waals surface area contributed by atoms with Gasteiger partial charge in [-0.05, 0) is 43.1 Å². The number of halogens is 1. The van der Waals surface area contributed by atoms with Crippen LogP contribution in [-0.4, -0.2) is 11.7 Å². The quantitative estimate of drug-likeness (QED) is 0.792. The van der Waals surface area contributed by atoms with Crippen molar-refractivity contribution in [3.63, 3.8) is 0 Å². The first kappa shape index (κ1) is 15.0. The number of aliphatic hydroxyl groups is 1. The van der Waals surface area contributed by atoms with Gasteiger partial charge in [0, 0.05) is 11.6 Å². The molecule has 3 heteroatoms. The van der Waals surface area contributed by atoms with Crippen LogP contribution in [0.3, 0.4) is 0 Å². The van der Waals surface area contributed by atoms with Crippen molar-refractivity contribution >= 4 is 11.6 Å². The van der Waals surface area contributed by atoms with Crippen LogP contribution in [0, 0.1) is 6.92 Å². The molecule has 0 aromatic heterocycles. The number of benzene rings is 2. The first-order valence-corrected chi connectivity index (χ1v) is 7.23. The third-order valence-electron chi connectivity index (χ3n) is 3.30. The van der Waals surface area contributed by atoms with Crippen molar-refractivity contribution in [1.29, 1.82) is 0 Å². The van der Waals surface area contributed by atoms with Crippen molar-refractivity contribution in [1.82, 2.24) is 5.32 Å². The van der Waals surface area contributed by atoms with E-state index in [1.54, 1.807) is 0 Å². The molecular formula is C17H20ClNO. The van der Waals surface area contributed by atoms with E-state index in [1.165, 1.54) is 11.1 Å². The van der Waals surface area contributed by atoms with Crippen LogP contribution in [0.4, 0.5) is 0 Å². The highest BCUT2D eigenvalue weighted by Crippen LogP contribution is 2.16. The van der Waals surface area contributed by atoms with Gasteiger partial charge in [-0.2, -0.15) is 0 Å². The van der Waals surface area contributed by atoms with Gasteiger partial charge in [0.2, 0.25) is 0 Å². The Kier molecular flexibility index (Phi) is 5.60. The molecule has 0 heterocycles. The third kappa shape index (κ3) is 4.64. The summed E-state index contributed by atoms with van der Waals surface area (Å²) in [6, 6.07) is 15.8. The molecule has 0 aliphatic carbocycles. The van der Waals surface area contributed by atoms with Gasteiger partial charge in [-0.15, -0.1) is 0 Å². The maximum Gasteiger partial charge on any atom is 0.0802 e. The third-order valence-corrected chi connectivity index (χ3v) is 3.55. The first-order valence-electron chi connectivity index (χ1n) is 6.85. The molecule has 0 aliphatic rings. The van der Waals surface area contributed by atoms with E-state index >= 15 is 0 Å². The highest BCUT2D eigenvalue weighted by molar-refractivity contribution is 6.30. The molecule has 0 aliphatic heterocycles. The van der Waals surface area contributed by atoms with Gasteiger partial charge in [0.1, 0.15) is 0 Å². The Morgan fingerprint density at radius 3 is 2.35 bits per heavy atom. The molecule has 20 heavy (non-hydrogen) atoms.